The summed E-state index contributed by atoms with van der Waals surface area (Å²) >= 11 is 0. The number of hydrogen-bond acceptors (Lipinski definition) is 7. The van der Waals surface area contributed by atoms with Gasteiger partial charge in [0, 0.05) is 44.0 Å². The number of hydrogen-bond donors (Lipinski definition) is 4. The number of fused-ring (bicyclic) bond motifs is 1. The van der Waals surface area contributed by atoms with E-state index in [2.05, 4.69) is 10.6 Å². The van der Waals surface area contributed by atoms with Gasteiger partial charge in [-0.1, -0.05) is 0 Å². The molecule has 0 saturated heterocycles. The molecule has 0 unspecified atom stereocenters. The lowest BCUT2D eigenvalue weighted by Crippen LogP contribution is -2.65. The monoisotopic (exact) mass is 529 g/mol. The van der Waals surface area contributed by atoms with Gasteiger partial charge in [-0.15, -0.1) is 0 Å². The van der Waals surface area contributed by atoms with E-state index in [1.165, 1.54) is 32.3 Å². The summed E-state index contributed by atoms with van der Waals surface area (Å²) in [5, 5.41) is 15.1. The first-order valence-electron chi connectivity index (χ1n) is 11.7. The van der Waals surface area contributed by atoms with Crippen molar-refractivity contribution in [2.24, 2.45) is 11.6 Å². The Morgan fingerprint density at radius 3 is 2.55 bits per heavy atom. The number of nitrogens with zero attached hydrogens (tertiary/aromatic N) is 3. The molecular weight excluding hydrogens is 503 g/mol. The quantitative estimate of drug-likeness (QED) is 0.185. The second-order valence-electron chi connectivity index (χ2n) is 9.64. The third kappa shape index (κ3) is 4.70. The largest absolute Gasteiger partial charge is 0.399 e. The molecule has 1 fully saturated rings. The number of benzene rings is 1. The lowest BCUT2D eigenvalue weighted by Gasteiger charge is -2.47. The predicted molar refractivity (Wildman–Crippen MR) is 130 cm³/mol. The normalized spacial score (nSPS) is 17.1. The van der Waals surface area contributed by atoms with Gasteiger partial charge in [-0.05, 0) is 43.5 Å². The van der Waals surface area contributed by atoms with E-state index in [-0.39, 0.29) is 33.8 Å². The Labute approximate surface area is 216 Å². The van der Waals surface area contributed by atoms with E-state index in [9.17, 15) is 27.6 Å². The maximum atomic E-state index is 13.8. The second-order valence-corrected chi connectivity index (χ2v) is 9.64. The van der Waals surface area contributed by atoms with Gasteiger partial charge < -0.3 is 25.9 Å². The number of carbonyl (C=O) groups excluding carboxylic acids is 3. The van der Waals surface area contributed by atoms with Gasteiger partial charge in [0.15, 0.2) is 0 Å². The predicted octanol–water partition coefficient (Wildman–Crippen LogP) is 2.08. The van der Waals surface area contributed by atoms with Crippen LogP contribution in [0.3, 0.4) is 0 Å². The Morgan fingerprint density at radius 1 is 1.26 bits per heavy atom. The van der Waals surface area contributed by atoms with E-state index < -0.39 is 47.7 Å². The topological polar surface area (TPSA) is 159 Å². The van der Waals surface area contributed by atoms with Crippen LogP contribution in [0, 0.1) is 24.1 Å². The van der Waals surface area contributed by atoms with Crippen molar-refractivity contribution >= 4 is 23.3 Å². The van der Waals surface area contributed by atoms with Crippen LogP contribution in [-0.2, 0) is 17.8 Å². The first kappa shape index (κ1) is 26.7. The highest BCUT2D eigenvalue weighted by Gasteiger charge is 2.59. The number of anilines is 1. The molecule has 13 heteroatoms. The molecule has 1 aromatic carbocycles. The Bertz CT molecular complexity index is 1410. The summed E-state index contributed by atoms with van der Waals surface area (Å²) in [7, 11) is 1.43. The third-order valence-corrected chi connectivity index (χ3v) is 6.77. The van der Waals surface area contributed by atoms with Gasteiger partial charge in [-0.25, -0.2) is 19.0 Å². The lowest BCUT2D eigenvalue weighted by molar-refractivity contribution is -0.137. The van der Waals surface area contributed by atoms with E-state index in [1.54, 1.807) is 10.6 Å². The van der Waals surface area contributed by atoms with Crippen LogP contribution >= 0.6 is 0 Å². The van der Waals surface area contributed by atoms with Crippen LogP contribution in [0.25, 0.3) is 0 Å². The van der Waals surface area contributed by atoms with E-state index in [1.807, 2.05) is 0 Å². The van der Waals surface area contributed by atoms with Gasteiger partial charge in [0.2, 0.25) is 0 Å². The number of aromatic nitrogens is 1. The number of carbonyl (C=O) groups is 3. The molecule has 0 bridgehead atoms. The van der Waals surface area contributed by atoms with Crippen LogP contribution in [0.4, 0.5) is 18.9 Å². The zero-order chi connectivity index (χ0) is 28.0. The van der Waals surface area contributed by atoms with Crippen LogP contribution in [-0.4, -0.2) is 45.7 Å². The number of nitrogens with two attached hydrogens (primary N) is 2. The molecule has 38 heavy (non-hydrogen) atoms. The van der Waals surface area contributed by atoms with Crippen molar-refractivity contribution in [3.63, 3.8) is 0 Å². The zero-order valence-electron chi connectivity index (χ0n) is 20.7. The third-order valence-electron chi connectivity index (χ3n) is 6.77. The minimum Gasteiger partial charge on any atom is -0.399 e. The molecule has 2 aromatic rings. The summed E-state index contributed by atoms with van der Waals surface area (Å²) < 4.78 is 42.9. The highest BCUT2D eigenvalue weighted by molar-refractivity contribution is 6.43. The fourth-order valence-electron chi connectivity index (χ4n) is 5.12. The molecule has 4 rings (SSSR count). The molecule has 1 aliphatic heterocycles. The molecule has 1 aliphatic carbocycles. The van der Waals surface area contributed by atoms with Crippen molar-refractivity contribution in [3.05, 3.63) is 64.0 Å². The average molecular weight is 530 g/mol. The first-order chi connectivity index (χ1) is 17.8. The van der Waals surface area contributed by atoms with Gasteiger partial charge in [0.25, 0.3) is 23.5 Å². The number of Topliss-reactive ketones (excluding diaryl/α,β-unsaturated/α-hetero) is 1. The molecule has 0 spiro atoms. The molecule has 200 valence electrons. The van der Waals surface area contributed by atoms with Gasteiger partial charge in [-0.2, -0.15) is 5.26 Å². The lowest BCUT2D eigenvalue weighted by atomic mass is 9.71. The number of rotatable bonds is 7. The van der Waals surface area contributed by atoms with Crippen molar-refractivity contribution in [1.29, 1.82) is 5.26 Å². The Kier molecular flexibility index (Phi) is 6.71. The summed E-state index contributed by atoms with van der Waals surface area (Å²) in [5.74, 6) is -1.01. The minimum atomic E-state index is -3.08. The van der Waals surface area contributed by atoms with Crippen LogP contribution in [0.1, 0.15) is 56.9 Å². The number of ketones is 1. The highest BCUT2D eigenvalue weighted by atomic mass is 19.3. The Balaban J connectivity index is 1.63. The molecule has 1 saturated carbocycles. The molecular formula is C25H26F3N7O3. The van der Waals surface area contributed by atoms with Crippen LogP contribution < -0.4 is 22.2 Å². The molecule has 1 aromatic heterocycles. The van der Waals surface area contributed by atoms with Crippen molar-refractivity contribution in [3.8, 4) is 6.07 Å². The van der Waals surface area contributed by atoms with Crippen molar-refractivity contribution in [2.45, 2.75) is 50.6 Å². The number of nitriles is 1. The Morgan fingerprint density at radius 2 is 1.95 bits per heavy atom. The molecule has 2 aliphatic rings. The average Bonchev–Trinajstić information content (AvgIpc) is 3.37. The molecule has 2 heterocycles. The van der Waals surface area contributed by atoms with E-state index in [4.69, 9.17) is 16.8 Å². The fourth-order valence-corrected chi connectivity index (χ4v) is 5.12. The van der Waals surface area contributed by atoms with Gasteiger partial charge in [0.1, 0.15) is 11.9 Å². The Hall–Kier alpha value is -4.31. The minimum absolute atomic E-state index is 0.0308. The van der Waals surface area contributed by atoms with E-state index in [0.29, 0.717) is 25.1 Å². The van der Waals surface area contributed by atoms with Crippen molar-refractivity contribution in [2.75, 3.05) is 12.4 Å². The SMILES string of the molecule is Cc1c(C(=O)Nc2ccc(F)c(C#N)c2)c2n(c1C(=O)C(=O)NC1(/C(N)=C/N(C)N)CC(F)(F)C1)CCC2. The standard InChI is InChI=1S/C25H26F3N7O3/c1-13-19(22(37)32-15-5-6-16(26)14(8-15)9-29)17-4-3-7-35(17)20(13)21(36)23(38)33-24(11-25(27,28)12-24)18(30)10-34(2)31/h5-6,8,10H,3-4,7,11-12,30-31H2,1-2H3,(H,32,37)(H,33,38)/b18-10-. The molecule has 0 atom stereocenters. The maximum absolute atomic E-state index is 13.8. The number of hydrazine groups is 1. The number of alkyl halides is 2. The number of amides is 2. The molecule has 2 amide bonds. The van der Waals surface area contributed by atoms with Crippen LogP contribution in [0.15, 0.2) is 30.1 Å². The van der Waals surface area contributed by atoms with Gasteiger partial charge >= 0.3 is 0 Å². The summed E-state index contributed by atoms with van der Waals surface area (Å²) in [6, 6.07) is 5.22. The zero-order valence-corrected chi connectivity index (χ0v) is 20.7. The first-order valence-corrected chi connectivity index (χ1v) is 11.7. The summed E-state index contributed by atoms with van der Waals surface area (Å²) in [5.41, 5.74) is 5.03. The van der Waals surface area contributed by atoms with E-state index in [0.717, 1.165) is 11.1 Å². The molecule has 6 N–H and O–H groups in total. The summed E-state index contributed by atoms with van der Waals surface area (Å²) in [6.45, 7) is 1.88. The van der Waals surface area contributed by atoms with Gasteiger partial charge in [0.05, 0.1) is 28.1 Å². The van der Waals surface area contributed by atoms with Crippen LogP contribution in [0.2, 0.25) is 0 Å². The summed E-state index contributed by atoms with van der Waals surface area (Å²) in [4.78, 5) is 39.6. The number of halogens is 3. The molecule has 0 radical (unpaired) electrons. The second kappa shape index (κ2) is 9.53. The van der Waals surface area contributed by atoms with Crippen molar-refractivity contribution in [1.82, 2.24) is 14.9 Å². The fraction of sp³-hybridized carbons (Fsp3) is 0.360. The number of nitrogens with one attached hydrogen (secondary N) is 2. The molecule has 10 nitrogen and oxygen atoms in total. The summed E-state index contributed by atoms with van der Waals surface area (Å²) in [6.07, 6.45) is 0.671. The van der Waals surface area contributed by atoms with Crippen LogP contribution in [0.5, 0.6) is 0 Å². The van der Waals surface area contributed by atoms with Gasteiger partial charge in [-0.3, -0.25) is 14.4 Å². The smallest absolute Gasteiger partial charge is 0.294 e. The van der Waals surface area contributed by atoms with Crippen molar-refractivity contribution < 1.29 is 27.6 Å². The van der Waals surface area contributed by atoms with E-state index >= 15 is 0 Å². The highest BCUT2D eigenvalue weighted by Crippen LogP contribution is 2.48. The maximum Gasteiger partial charge on any atom is 0.294 e.